The second-order valence-corrected chi connectivity index (χ2v) is 6.73. The van der Waals surface area contributed by atoms with Crippen LogP contribution in [0.2, 0.25) is 0 Å². The maximum atomic E-state index is 12.0. The monoisotopic (exact) mass is 297 g/mol. The minimum absolute atomic E-state index is 0.0183. The van der Waals surface area contributed by atoms with Gasteiger partial charge in [-0.05, 0) is 35.7 Å². The topological polar surface area (TPSA) is 92.2 Å². The Hall–Kier alpha value is -1.50. The van der Waals surface area contributed by atoms with Crippen LogP contribution in [-0.4, -0.2) is 32.6 Å². The smallest absolute Gasteiger partial charge is 0.307 e. The van der Waals surface area contributed by atoms with E-state index in [0.29, 0.717) is 17.7 Å². The van der Waals surface area contributed by atoms with E-state index < -0.39 is 5.97 Å². The summed E-state index contributed by atoms with van der Waals surface area (Å²) in [5.74, 6) is -1.21. The van der Waals surface area contributed by atoms with Gasteiger partial charge in [0.2, 0.25) is 0 Å². The van der Waals surface area contributed by atoms with Gasteiger partial charge in [0.1, 0.15) is 4.88 Å². The number of nitrogens with one attached hydrogen (secondary N) is 1. The quantitative estimate of drug-likeness (QED) is 0.887. The third-order valence-electron chi connectivity index (χ3n) is 4.64. The lowest BCUT2D eigenvalue weighted by molar-refractivity contribution is -0.150. The van der Waals surface area contributed by atoms with Gasteiger partial charge in [0, 0.05) is 6.04 Å². The van der Waals surface area contributed by atoms with Crippen LogP contribution >= 0.6 is 11.5 Å². The number of nitrogens with zero attached hydrogens (tertiary/aromatic N) is 2. The van der Waals surface area contributed by atoms with Crippen molar-refractivity contribution in [1.29, 1.82) is 0 Å². The molecule has 0 aromatic carbocycles. The number of carboxylic acid groups (broad SMARTS) is 1. The van der Waals surface area contributed by atoms with Gasteiger partial charge in [-0.1, -0.05) is 25.3 Å². The molecule has 0 saturated heterocycles. The van der Waals surface area contributed by atoms with Crippen molar-refractivity contribution >= 4 is 23.4 Å². The highest BCUT2D eigenvalue weighted by atomic mass is 32.1. The van der Waals surface area contributed by atoms with Gasteiger partial charge in [0.15, 0.2) is 0 Å². The van der Waals surface area contributed by atoms with Crippen molar-refractivity contribution in [2.24, 2.45) is 17.3 Å². The molecule has 2 N–H and O–H groups in total. The highest BCUT2D eigenvalue weighted by molar-refractivity contribution is 7.07. The van der Waals surface area contributed by atoms with E-state index in [9.17, 15) is 14.7 Å². The molecule has 3 atom stereocenters. The Morgan fingerprint density at radius 1 is 1.45 bits per heavy atom. The van der Waals surface area contributed by atoms with Crippen molar-refractivity contribution in [3.05, 3.63) is 11.1 Å². The zero-order chi connectivity index (χ0) is 14.9. The van der Waals surface area contributed by atoms with Crippen LogP contribution in [-0.2, 0) is 4.79 Å². The molecule has 1 amide bonds. The molecule has 1 heterocycles. The number of hydrogen-bond acceptors (Lipinski definition) is 5. The van der Waals surface area contributed by atoms with Gasteiger partial charge >= 0.3 is 5.97 Å². The average molecular weight is 297 g/mol. The molecule has 2 rings (SSSR count). The van der Waals surface area contributed by atoms with E-state index >= 15 is 0 Å². The van der Waals surface area contributed by atoms with Crippen molar-refractivity contribution in [3.8, 4) is 0 Å². The summed E-state index contributed by atoms with van der Waals surface area (Å²) in [5, 5.41) is 15.9. The second-order valence-electron chi connectivity index (χ2n) is 5.94. The van der Waals surface area contributed by atoms with E-state index in [2.05, 4.69) is 14.9 Å². The van der Waals surface area contributed by atoms with Crippen LogP contribution in [0.15, 0.2) is 6.20 Å². The zero-order valence-electron chi connectivity index (χ0n) is 11.8. The summed E-state index contributed by atoms with van der Waals surface area (Å²) in [7, 11) is 0. The van der Waals surface area contributed by atoms with E-state index in [-0.39, 0.29) is 29.2 Å². The molecule has 0 bridgehead atoms. The summed E-state index contributed by atoms with van der Waals surface area (Å²) >= 11 is 1.06. The van der Waals surface area contributed by atoms with Gasteiger partial charge in [-0.3, -0.25) is 9.59 Å². The molecule has 3 unspecified atom stereocenters. The van der Waals surface area contributed by atoms with E-state index in [4.69, 9.17) is 0 Å². The molecule has 6 nitrogen and oxygen atoms in total. The van der Waals surface area contributed by atoms with E-state index in [1.54, 1.807) is 0 Å². The summed E-state index contributed by atoms with van der Waals surface area (Å²) < 4.78 is 3.67. The van der Waals surface area contributed by atoms with Crippen LogP contribution in [0.3, 0.4) is 0 Å². The summed E-state index contributed by atoms with van der Waals surface area (Å²) in [6.45, 7) is 5.93. The summed E-state index contributed by atoms with van der Waals surface area (Å²) in [4.78, 5) is 23.9. The van der Waals surface area contributed by atoms with Crippen LogP contribution in [0, 0.1) is 17.3 Å². The Labute approximate surface area is 121 Å². The summed E-state index contributed by atoms with van der Waals surface area (Å²) in [6.07, 6.45) is 2.71. The van der Waals surface area contributed by atoms with Gasteiger partial charge < -0.3 is 10.4 Å². The molecule has 1 aromatic heterocycles. The van der Waals surface area contributed by atoms with Gasteiger partial charge in [-0.15, -0.1) is 5.10 Å². The van der Waals surface area contributed by atoms with Gasteiger partial charge in [0.05, 0.1) is 12.1 Å². The van der Waals surface area contributed by atoms with Gasteiger partial charge in [0.25, 0.3) is 5.91 Å². The minimum Gasteiger partial charge on any atom is -0.481 e. The molecule has 110 valence electrons. The van der Waals surface area contributed by atoms with E-state index in [0.717, 1.165) is 11.5 Å². The number of amides is 1. The number of hydrogen-bond donors (Lipinski definition) is 2. The number of carboxylic acids is 1. The van der Waals surface area contributed by atoms with Crippen LogP contribution < -0.4 is 5.32 Å². The Balaban J connectivity index is 2.08. The molecule has 1 fully saturated rings. The highest BCUT2D eigenvalue weighted by Gasteiger charge is 2.46. The molecule has 0 spiro atoms. The summed E-state index contributed by atoms with van der Waals surface area (Å²) in [5.41, 5.74) is -0.353. The fraction of sp³-hybridized carbons (Fsp3) is 0.692. The van der Waals surface area contributed by atoms with Crippen molar-refractivity contribution < 1.29 is 14.7 Å². The lowest BCUT2D eigenvalue weighted by atomic mass is 9.61. The zero-order valence-corrected chi connectivity index (χ0v) is 12.6. The van der Waals surface area contributed by atoms with Crippen molar-refractivity contribution in [1.82, 2.24) is 14.9 Å². The Bertz CT molecular complexity index is 501. The SMILES string of the molecule is CC1C(NC(=O)c2cnns2)CCC(C(=O)O)C1(C)C. The van der Waals surface area contributed by atoms with Gasteiger partial charge in [-0.25, -0.2) is 0 Å². The van der Waals surface area contributed by atoms with Crippen LogP contribution in [0.5, 0.6) is 0 Å². The molecular formula is C13H19N3O3S. The first-order valence-corrected chi connectivity index (χ1v) is 7.42. The average Bonchev–Trinajstić information content (AvgIpc) is 2.88. The van der Waals surface area contributed by atoms with Crippen LogP contribution in [0.25, 0.3) is 0 Å². The molecule has 20 heavy (non-hydrogen) atoms. The maximum Gasteiger partial charge on any atom is 0.307 e. The fourth-order valence-electron chi connectivity index (χ4n) is 2.95. The molecule has 7 heteroatoms. The summed E-state index contributed by atoms with van der Waals surface area (Å²) in [6, 6.07) is -0.0183. The number of aliphatic carboxylic acids is 1. The number of carbonyl (C=O) groups is 2. The molecule has 0 radical (unpaired) electrons. The molecule has 1 aliphatic carbocycles. The lowest BCUT2D eigenvalue weighted by Crippen LogP contribution is -2.52. The number of aromatic nitrogens is 2. The normalized spacial score (nSPS) is 28.9. The molecule has 1 aromatic rings. The third-order valence-corrected chi connectivity index (χ3v) is 5.30. The standard InChI is InChI=1S/C13H19N3O3S/c1-7-9(15-11(17)10-6-14-16-20-10)5-4-8(12(18)19)13(7,2)3/h6-9H,4-5H2,1-3H3,(H,15,17)(H,18,19). The predicted molar refractivity (Wildman–Crippen MR) is 74.5 cm³/mol. The second kappa shape index (κ2) is 5.47. The minimum atomic E-state index is -0.752. The Morgan fingerprint density at radius 2 is 2.15 bits per heavy atom. The van der Waals surface area contributed by atoms with Crippen molar-refractivity contribution in [2.75, 3.05) is 0 Å². The maximum absolute atomic E-state index is 12.0. The van der Waals surface area contributed by atoms with Crippen molar-refractivity contribution in [3.63, 3.8) is 0 Å². The number of carbonyl (C=O) groups excluding carboxylic acids is 1. The Kier molecular flexibility index (Phi) is 4.08. The van der Waals surface area contributed by atoms with E-state index in [1.165, 1.54) is 6.20 Å². The van der Waals surface area contributed by atoms with Crippen LogP contribution in [0.1, 0.15) is 43.3 Å². The molecule has 1 aliphatic rings. The first-order valence-electron chi connectivity index (χ1n) is 6.65. The predicted octanol–water partition coefficient (Wildman–Crippen LogP) is 1.79. The molecular weight excluding hydrogens is 278 g/mol. The van der Waals surface area contributed by atoms with E-state index in [1.807, 2.05) is 20.8 Å². The lowest BCUT2D eigenvalue weighted by Gasteiger charge is -2.46. The van der Waals surface area contributed by atoms with Crippen molar-refractivity contribution in [2.45, 2.75) is 39.7 Å². The fourth-order valence-corrected chi connectivity index (χ4v) is 3.37. The number of rotatable bonds is 3. The van der Waals surface area contributed by atoms with Crippen LogP contribution in [0.4, 0.5) is 0 Å². The first-order chi connectivity index (χ1) is 9.34. The highest BCUT2D eigenvalue weighted by Crippen LogP contribution is 2.45. The largest absolute Gasteiger partial charge is 0.481 e. The molecule has 1 saturated carbocycles. The Morgan fingerprint density at radius 3 is 2.70 bits per heavy atom. The first kappa shape index (κ1) is 14.9. The third kappa shape index (κ3) is 2.67. The van der Waals surface area contributed by atoms with Gasteiger partial charge in [-0.2, -0.15) is 0 Å². The molecule has 0 aliphatic heterocycles.